The topological polar surface area (TPSA) is 79.6 Å². The molecule has 4 aliphatic rings. The highest BCUT2D eigenvalue weighted by molar-refractivity contribution is 7.80. The lowest BCUT2D eigenvalue weighted by Gasteiger charge is -2.57. The molecule has 2 N–H and O–H groups in total. The molecule has 0 spiro atoms. The molecule has 1 aromatic carbocycles. The minimum absolute atomic E-state index is 0.0733. The van der Waals surface area contributed by atoms with E-state index in [1.165, 1.54) is 50.7 Å². The monoisotopic (exact) mass is 358 g/mol. The number of nitrogens with zero attached hydrogens (tertiary/aromatic N) is 2. The van der Waals surface area contributed by atoms with Crippen LogP contribution in [0, 0.1) is 27.9 Å². The Morgan fingerprint density at radius 3 is 2.24 bits per heavy atom. The second kappa shape index (κ2) is 6.37. The third-order valence-electron chi connectivity index (χ3n) is 5.90. The first kappa shape index (κ1) is 16.4. The van der Waals surface area contributed by atoms with E-state index in [1.54, 1.807) is 18.3 Å². The van der Waals surface area contributed by atoms with Gasteiger partial charge in [0.25, 0.3) is 5.69 Å². The number of benzene rings is 1. The Morgan fingerprint density at radius 2 is 1.72 bits per heavy atom. The number of non-ortho nitro benzene ring substituents is 1. The molecule has 4 aliphatic carbocycles. The third kappa shape index (κ3) is 3.51. The molecule has 0 atom stereocenters. The fourth-order valence-electron chi connectivity index (χ4n) is 5.38. The summed E-state index contributed by atoms with van der Waals surface area (Å²) in [5, 5.41) is 18.9. The van der Waals surface area contributed by atoms with E-state index in [4.69, 9.17) is 12.2 Å². The molecule has 0 saturated heterocycles. The third-order valence-corrected chi connectivity index (χ3v) is 6.09. The van der Waals surface area contributed by atoms with Crippen molar-refractivity contribution >= 4 is 29.2 Å². The van der Waals surface area contributed by atoms with Gasteiger partial charge in [0.1, 0.15) is 0 Å². The van der Waals surface area contributed by atoms with Crippen LogP contribution >= 0.6 is 12.2 Å². The molecule has 4 fully saturated rings. The molecule has 0 radical (unpaired) electrons. The normalized spacial score (nSPS) is 32.7. The van der Waals surface area contributed by atoms with Gasteiger partial charge in [-0.15, -0.1) is 0 Å². The number of nitrogens with one attached hydrogen (secondary N) is 2. The average Bonchev–Trinajstić information content (AvgIpc) is 2.53. The number of thiocarbonyl (C=S) groups is 1. The largest absolute Gasteiger partial charge is 0.356 e. The zero-order valence-corrected chi connectivity index (χ0v) is 14.8. The number of rotatable bonds is 4. The Labute approximate surface area is 152 Å². The van der Waals surface area contributed by atoms with Crippen molar-refractivity contribution in [2.75, 3.05) is 0 Å². The van der Waals surface area contributed by atoms with E-state index in [9.17, 15) is 10.1 Å². The van der Waals surface area contributed by atoms with Crippen LogP contribution in [-0.4, -0.2) is 21.8 Å². The van der Waals surface area contributed by atoms with Gasteiger partial charge in [-0.2, -0.15) is 5.10 Å². The van der Waals surface area contributed by atoms with E-state index >= 15 is 0 Å². The van der Waals surface area contributed by atoms with Gasteiger partial charge in [-0.25, -0.2) is 0 Å². The summed E-state index contributed by atoms with van der Waals surface area (Å²) < 4.78 is 0. The van der Waals surface area contributed by atoms with Crippen molar-refractivity contribution in [1.82, 2.24) is 10.7 Å². The Balaban J connectivity index is 1.33. The van der Waals surface area contributed by atoms with Crippen molar-refractivity contribution in [3.63, 3.8) is 0 Å². The van der Waals surface area contributed by atoms with Crippen molar-refractivity contribution in [2.24, 2.45) is 22.9 Å². The van der Waals surface area contributed by atoms with Gasteiger partial charge in [0.2, 0.25) is 0 Å². The van der Waals surface area contributed by atoms with Crippen LogP contribution in [0.5, 0.6) is 0 Å². The summed E-state index contributed by atoms with van der Waals surface area (Å²) >= 11 is 5.43. The number of nitro groups is 1. The van der Waals surface area contributed by atoms with Crippen molar-refractivity contribution in [2.45, 2.75) is 44.1 Å². The van der Waals surface area contributed by atoms with E-state index in [2.05, 4.69) is 15.8 Å². The highest BCUT2D eigenvalue weighted by Crippen LogP contribution is 2.55. The lowest BCUT2D eigenvalue weighted by Crippen LogP contribution is -2.61. The first-order valence-corrected chi connectivity index (χ1v) is 9.28. The standard InChI is InChI=1S/C18H22N4O2S/c23-22(24)16-3-1-12(2-4-16)11-19-21-17(25)20-18-8-13-5-14(9-18)7-15(6-13)10-18/h1-4,11,13-15H,5-10H2,(H2,20,21,25). The molecule has 132 valence electrons. The predicted octanol–water partition coefficient (Wildman–Crippen LogP) is 3.36. The van der Waals surface area contributed by atoms with Gasteiger partial charge >= 0.3 is 0 Å². The molecule has 0 aromatic heterocycles. The van der Waals surface area contributed by atoms with Crippen molar-refractivity contribution < 1.29 is 4.92 Å². The SMILES string of the molecule is O=[N+]([O-])c1ccc(C=NNC(=S)NC23CC4CC(CC(C4)C2)C3)cc1. The van der Waals surface area contributed by atoms with Crippen LogP contribution in [0.4, 0.5) is 5.69 Å². The van der Waals surface area contributed by atoms with Gasteiger partial charge in [0.05, 0.1) is 11.1 Å². The number of hydrogen-bond donors (Lipinski definition) is 2. The summed E-state index contributed by atoms with van der Waals surface area (Å²) in [4.78, 5) is 10.2. The predicted molar refractivity (Wildman–Crippen MR) is 100 cm³/mol. The van der Waals surface area contributed by atoms with Crippen LogP contribution in [-0.2, 0) is 0 Å². The molecule has 4 saturated carbocycles. The number of nitro benzene ring substituents is 1. The fraction of sp³-hybridized carbons (Fsp3) is 0.556. The molecule has 4 bridgehead atoms. The van der Waals surface area contributed by atoms with Crippen LogP contribution in [0.3, 0.4) is 0 Å². The zero-order chi connectivity index (χ0) is 17.4. The van der Waals surface area contributed by atoms with Crippen LogP contribution in [0.2, 0.25) is 0 Å². The Kier molecular flexibility index (Phi) is 4.19. The van der Waals surface area contributed by atoms with Crippen LogP contribution in [0.15, 0.2) is 29.4 Å². The van der Waals surface area contributed by atoms with Crippen molar-refractivity contribution in [3.05, 3.63) is 39.9 Å². The summed E-state index contributed by atoms with van der Waals surface area (Å²) in [7, 11) is 0. The molecule has 1 aromatic rings. The minimum atomic E-state index is -0.413. The molecular formula is C18H22N4O2S. The Hall–Kier alpha value is -2.02. The molecule has 0 aliphatic heterocycles. The summed E-state index contributed by atoms with van der Waals surface area (Å²) in [6.07, 6.45) is 9.52. The van der Waals surface area contributed by atoms with Crippen LogP contribution in [0.1, 0.15) is 44.1 Å². The van der Waals surface area contributed by atoms with Gasteiger partial charge in [0.15, 0.2) is 5.11 Å². The summed E-state index contributed by atoms with van der Waals surface area (Å²) in [6.45, 7) is 0. The molecular weight excluding hydrogens is 336 g/mol. The van der Waals surface area contributed by atoms with E-state index in [1.807, 2.05) is 0 Å². The molecule has 5 rings (SSSR count). The summed E-state index contributed by atoms with van der Waals surface area (Å²) in [6, 6.07) is 6.26. The smallest absolute Gasteiger partial charge is 0.269 e. The van der Waals surface area contributed by atoms with Gasteiger partial charge in [0, 0.05) is 17.7 Å². The lowest BCUT2D eigenvalue weighted by molar-refractivity contribution is -0.384. The second-order valence-corrected chi connectivity index (χ2v) is 8.28. The number of hydrazone groups is 1. The summed E-state index contributed by atoms with van der Waals surface area (Å²) in [5.41, 5.74) is 3.93. The maximum Gasteiger partial charge on any atom is 0.269 e. The maximum absolute atomic E-state index is 10.7. The van der Waals surface area contributed by atoms with E-state index in [0.717, 1.165) is 23.3 Å². The molecule has 25 heavy (non-hydrogen) atoms. The van der Waals surface area contributed by atoms with Gasteiger partial charge in [-0.05, 0) is 86.2 Å². The Morgan fingerprint density at radius 1 is 1.16 bits per heavy atom. The summed E-state index contributed by atoms with van der Waals surface area (Å²) in [5.74, 6) is 2.60. The number of hydrogen-bond acceptors (Lipinski definition) is 4. The van der Waals surface area contributed by atoms with Gasteiger partial charge in [-0.1, -0.05) is 0 Å². The molecule has 0 heterocycles. The van der Waals surface area contributed by atoms with E-state index < -0.39 is 4.92 Å². The highest BCUT2D eigenvalue weighted by atomic mass is 32.1. The lowest BCUT2D eigenvalue weighted by atomic mass is 9.53. The van der Waals surface area contributed by atoms with Crippen molar-refractivity contribution in [1.29, 1.82) is 0 Å². The second-order valence-electron chi connectivity index (χ2n) is 7.87. The first-order chi connectivity index (χ1) is 12.0. The van der Waals surface area contributed by atoms with E-state index in [-0.39, 0.29) is 11.2 Å². The Bertz CT molecular complexity index is 681. The maximum atomic E-state index is 10.7. The van der Waals surface area contributed by atoms with Crippen molar-refractivity contribution in [3.8, 4) is 0 Å². The average molecular weight is 358 g/mol. The van der Waals surface area contributed by atoms with Gasteiger partial charge < -0.3 is 5.32 Å². The molecule has 0 amide bonds. The quantitative estimate of drug-likeness (QED) is 0.373. The first-order valence-electron chi connectivity index (χ1n) is 8.87. The van der Waals surface area contributed by atoms with E-state index in [0.29, 0.717) is 5.11 Å². The molecule has 7 heteroatoms. The minimum Gasteiger partial charge on any atom is -0.356 e. The van der Waals surface area contributed by atoms with Gasteiger partial charge in [-0.3, -0.25) is 15.5 Å². The van der Waals surface area contributed by atoms with Crippen LogP contribution < -0.4 is 10.7 Å². The zero-order valence-electron chi connectivity index (χ0n) is 14.0. The highest BCUT2D eigenvalue weighted by Gasteiger charge is 2.51. The van der Waals surface area contributed by atoms with Crippen LogP contribution in [0.25, 0.3) is 0 Å². The molecule has 6 nitrogen and oxygen atoms in total. The fourth-order valence-corrected chi connectivity index (χ4v) is 5.65. The molecule has 0 unspecified atom stereocenters.